The molecule has 4 heteroatoms. The maximum absolute atomic E-state index is 5.16. The van der Waals surface area contributed by atoms with Crippen LogP contribution in [-0.2, 0) is 9.05 Å². The summed E-state index contributed by atoms with van der Waals surface area (Å²) in [5.74, 6) is 0.839. The van der Waals surface area contributed by atoms with Crippen molar-refractivity contribution in [3.05, 3.63) is 24.3 Å². The van der Waals surface area contributed by atoms with Gasteiger partial charge in [-0.05, 0) is 24.3 Å². The Kier molecular flexibility index (Phi) is 4.16. The smallest absolute Gasteiger partial charge is 0.204 e. The van der Waals surface area contributed by atoms with E-state index in [-0.39, 0.29) is 0 Å². The largest absolute Gasteiger partial charge is 0.497 e. The molecule has 0 saturated carbocycles. The zero-order valence-corrected chi connectivity index (χ0v) is 8.88. The van der Waals surface area contributed by atoms with Gasteiger partial charge in [-0.25, -0.2) is 0 Å². The first-order valence-electron chi connectivity index (χ1n) is 3.84. The average Bonchev–Trinajstić information content (AvgIpc) is 2.21. The minimum Gasteiger partial charge on any atom is -0.497 e. The molecule has 0 radical (unpaired) electrons. The first-order chi connectivity index (χ1) is 6.31. The van der Waals surface area contributed by atoms with Gasteiger partial charge >= 0.3 is 0 Å². The summed E-state index contributed by atoms with van der Waals surface area (Å²) in [6.45, 7) is 0. The van der Waals surface area contributed by atoms with Gasteiger partial charge in [-0.2, -0.15) is 0 Å². The van der Waals surface area contributed by atoms with Crippen molar-refractivity contribution in [3.8, 4) is 5.75 Å². The highest BCUT2D eigenvalue weighted by molar-refractivity contribution is 7.55. The summed E-state index contributed by atoms with van der Waals surface area (Å²) in [6.07, 6.45) is 0. The molecule has 72 valence electrons. The van der Waals surface area contributed by atoms with Crippen LogP contribution in [0.5, 0.6) is 5.75 Å². The van der Waals surface area contributed by atoms with E-state index in [4.69, 9.17) is 13.8 Å². The van der Waals surface area contributed by atoms with E-state index in [1.165, 1.54) is 0 Å². The number of hydrogen-bond acceptors (Lipinski definition) is 3. The fourth-order valence-electron chi connectivity index (χ4n) is 0.989. The molecule has 0 aliphatic heterocycles. The fraction of sp³-hybridized carbons (Fsp3) is 0.333. The summed E-state index contributed by atoms with van der Waals surface area (Å²) < 4.78 is 15.4. The fourth-order valence-corrected chi connectivity index (χ4v) is 1.95. The van der Waals surface area contributed by atoms with Gasteiger partial charge < -0.3 is 13.8 Å². The van der Waals surface area contributed by atoms with Crippen molar-refractivity contribution in [1.29, 1.82) is 0 Å². The van der Waals surface area contributed by atoms with Gasteiger partial charge in [-0.1, -0.05) is 0 Å². The molecule has 0 saturated heterocycles. The first-order valence-corrected chi connectivity index (χ1v) is 5.02. The summed E-state index contributed by atoms with van der Waals surface area (Å²) in [6, 6.07) is 7.67. The summed E-state index contributed by atoms with van der Waals surface area (Å²) in [5, 5.41) is 1.04. The van der Waals surface area contributed by atoms with Crippen LogP contribution in [0.3, 0.4) is 0 Å². The molecule has 0 spiro atoms. The van der Waals surface area contributed by atoms with Gasteiger partial charge in [0.1, 0.15) is 5.75 Å². The lowest BCUT2D eigenvalue weighted by Crippen LogP contribution is -2.02. The third-order valence-electron chi connectivity index (χ3n) is 1.61. The third-order valence-corrected chi connectivity index (χ3v) is 3.00. The van der Waals surface area contributed by atoms with Crippen LogP contribution >= 0.6 is 8.38 Å². The molecule has 0 aliphatic rings. The zero-order valence-electron chi connectivity index (χ0n) is 7.98. The molecule has 0 unspecified atom stereocenters. The van der Waals surface area contributed by atoms with Crippen molar-refractivity contribution >= 4 is 13.7 Å². The molecule has 0 amide bonds. The molecule has 0 heterocycles. The van der Waals surface area contributed by atoms with Crippen molar-refractivity contribution in [2.75, 3.05) is 21.3 Å². The lowest BCUT2D eigenvalue weighted by Gasteiger charge is -2.11. The Morgan fingerprint density at radius 1 is 0.923 bits per heavy atom. The topological polar surface area (TPSA) is 27.7 Å². The highest BCUT2D eigenvalue weighted by Gasteiger charge is 2.09. The number of ether oxygens (including phenoxy) is 1. The number of benzene rings is 1. The Morgan fingerprint density at radius 3 is 1.85 bits per heavy atom. The maximum Gasteiger partial charge on any atom is 0.204 e. The van der Waals surface area contributed by atoms with E-state index in [2.05, 4.69) is 0 Å². The highest BCUT2D eigenvalue weighted by atomic mass is 31.2. The second kappa shape index (κ2) is 5.18. The summed E-state index contributed by atoms with van der Waals surface area (Å²) in [4.78, 5) is 0. The Balaban J connectivity index is 2.78. The number of rotatable bonds is 4. The van der Waals surface area contributed by atoms with Gasteiger partial charge in [0.05, 0.1) is 7.11 Å². The third kappa shape index (κ3) is 2.66. The van der Waals surface area contributed by atoms with Crippen molar-refractivity contribution in [1.82, 2.24) is 0 Å². The van der Waals surface area contributed by atoms with E-state index in [1.807, 2.05) is 24.3 Å². The molecule has 0 atom stereocenters. The Morgan fingerprint density at radius 2 is 1.46 bits per heavy atom. The molecule has 0 aromatic heterocycles. The van der Waals surface area contributed by atoms with E-state index in [1.54, 1.807) is 21.3 Å². The predicted molar refractivity (Wildman–Crippen MR) is 53.6 cm³/mol. The van der Waals surface area contributed by atoms with Gasteiger partial charge in [0.2, 0.25) is 8.38 Å². The van der Waals surface area contributed by atoms with Crippen LogP contribution in [0.2, 0.25) is 0 Å². The summed E-state index contributed by atoms with van der Waals surface area (Å²) >= 11 is 0. The molecule has 1 aromatic rings. The Hall–Kier alpha value is -0.630. The normalized spacial score (nSPS) is 10.5. The van der Waals surface area contributed by atoms with Crippen LogP contribution in [0.25, 0.3) is 0 Å². The lowest BCUT2D eigenvalue weighted by atomic mass is 10.3. The van der Waals surface area contributed by atoms with Gasteiger partial charge in [-0.15, -0.1) is 0 Å². The second-order valence-electron chi connectivity index (χ2n) is 2.32. The van der Waals surface area contributed by atoms with E-state index in [9.17, 15) is 0 Å². The lowest BCUT2D eigenvalue weighted by molar-refractivity contribution is 0.350. The zero-order chi connectivity index (χ0) is 9.68. The monoisotopic (exact) mass is 200 g/mol. The molecule has 1 rings (SSSR count). The Labute approximate surface area is 79.5 Å². The van der Waals surface area contributed by atoms with E-state index < -0.39 is 8.38 Å². The molecule has 1 aromatic carbocycles. The van der Waals surface area contributed by atoms with Crippen LogP contribution in [0.1, 0.15) is 0 Å². The van der Waals surface area contributed by atoms with E-state index in [0.29, 0.717) is 0 Å². The van der Waals surface area contributed by atoms with Crippen molar-refractivity contribution in [3.63, 3.8) is 0 Å². The molecule has 13 heavy (non-hydrogen) atoms. The van der Waals surface area contributed by atoms with Crippen LogP contribution in [-0.4, -0.2) is 21.3 Å². The second-order valence-corrected chi connectivity index (χ2v) is 4.08. The number of hydrogen-bond donors (Lipinski definition) is 0. The maximum atomic E-state index is 5.16. The molecular weight excluding hydrogens is 187 g/mol. The molecule has 0 bridgehead atoms. The van der Waals surface area contributed by atoms with Gasteiger partial charge in [0, 0.05) is 19.5 Å². The number of methoxy groups -OCH3 is 1. The van der Waals surface area contributed by atoms with Crippen LogP contribution in [0, 0.1) is 0 Å². The SMILES string of the molecule is COc1ccc(P(OC)OC)cc1. The van der Waals surface area contributed by atoms with Crippen molar-refractivity contribution in [2.45, 2.75) is 0 Å². The van der Waals surface area contributed by atoms with E-state index >= 15 is 0 Å². The van der Waals surface area contributed by atoms with Crippen molar-refractivity contribution < 1.29 is 13.8 Å². The van der Waals surface area contributed by atoms with Crippen LogP contribution < -0.4 is 10.0 Å². The predicted octanol–water partition coefficient (Wildman–Crippen LogP) is 1.93. The first kappa shape index (κ1) is 10.5. The Bertz CT molecular complexity index is 244. The van der Waals surface area contributed by atoms with Crippen LogP contribution in [0.4, 0.5) is 0 Å². The van der Waals surface area contributed by atoms with Gasteiger partial charge in [0.15, 0.2) is 0 Å². The van der Waals surface area contributed by atoms with Crippen molar-refractivity contribution in [2.24, 2.45) is 0 Å². The van der Waals surface area contributed by atoms with Gasteiger partial charge in [-0.3, -0.25) is 0 Å². The molecule has 0 aliphatic carbocycles. The quantitative estimate of drug-likeness (QED) is 0.695. The molecule has 0 N–H and O–H groups in total. The minimum absolute atomic E-state index is 0.839. The summed E-state index contributed by atoms with van der Waals surface area (Å²) in [5.41, 5.74) is 0. The molecule has 3 nitrogen and oxygen atoms in total. The highest BCUT2D eigenvalue weighted by Crippen LogP contribution is 2.34. The minimum atomic E-state index is -0.924. The van der Waals surface area contributed by atoms with Gasteiger partial charge in [0.25, 0.3) is 0 Å². The average molecular weight is 200 g/mol. The molecule has 0 fully saturated rings. The van der Waals surface area contributed by atoms with Crippen LogP contribution in [0.15, 0.2) is 24.3 Å². The standard InChI is InChI=1S/C9H13O3P/c1-10-8-4-6-9(7-5-8)13(11-2)12-3/h4-7H,1-3H3. The summed E-state index contributed by atoms with van der Waals surface area (Å²) in [7, 11) is 4.00. The van der Waals surface area contributed by atoms with E-state index in [0.717, 1.165) is 11.1 Å². The molecular formula is C9H13O3P.